The van der Waals surface area contributed by atoms with Crippen LogP contribution in [0.2, 0.25) is 0 Å². The molecule has 210 valence electrons. The number of thiazole rings is 1. The summed E-state index contributed by atoms with van der Waals surface area (Å²) in [6.07, 6.45) is -0.584. The van der Waals surface area contributed by atoms with Crippen molar-refractivity contribution in [1.82, 2.24) is 20.5 Å². The van der Waals surface area contributed by atoms with Crippen LogP contribution in [-0.4, -0.2) is 80.7 Å². The molecule has 3 amide bonds. The normalized spacial score (nSPS) is 18.9. The zero-order valence-corrected chi connectivity index (χ0v) is 23.0. The molecule has 0 saturated carbocycles. The van der Waals surface area contributed by atoms with Crippen LogP contribution in [0.3, 0.4) is 0 Å². The molecule has 3 N–H and O–H groups in total. The molecule has 12 nitrogen and oxygen atoms in total. The summed E-state index contributed by atoms with van der Waals surface area (Å²) in [6.45, 7) is 0.397. The second kappa shape index (κ2) is 11.7. The molecule has 13 heteroatoms. The molecule has 2 aromatic carbocycles. The van der Waals surface area contributed by atoms with Gasteiger partial charge in [-0.15, -0.1) is 11.3 Å². The maximum Gasteiger partial charge on any atom is 0.273 e. The maximum absolute atomic E-state index is 13.4. The number of nitrogens with one attached hydrogen (secondary N) is 3. The number of methoxy groups -OCH3 is 2. The van der Waals surface area contributed by atoms with Gasteiger partial charge in [0.2, 0.25) is 0 Å². The summed E-state index contributed by atoms with van der Waals surface area (Å²) >= 11 is 1.33. The first kappa shape index (κ1) is 27.1. The quantitative estimate of drug-likeness (QED) is 0.431. The van der Waals surface area contributed by atoms with Gasteiger partial charge in [-0.25, -0.2) is 4.98 Å². The van der Waals surface area contributed by atoms with E-state index in [0.29, 0.717) is 33.6 Å². The lowest BCUT2D eigenvalue weighted by molar-refractivity contribution is -0.123. The number of carbonyl (C=O) groups is 3. The van der Waals surface area contributed by atoms with E-state index in [9.17, 15) is 14.4 Å². The molecule has 3 aliphatic heterocycles. The van der Waals surface area contributed by atoms with Crippen LogP contribution in [0.15, 0.2) is 41.8 Å². The van der Waals surface area contributed by atoms with Crippen LogP contribution in [0.1, 0.15) is 26.4 Å². The largest absolute Gasteiger partial charge is 0.493 e. The first-order valence-corrected chi connectivity index (χ1v) is 13.4. The van der Waals surface area contributed by atoms with Crippen molar-refractivity contribution >= 4 is 34.2 Å². The minimum Gasteiger partial charge on any atom is -0.493 e. The highest BCUT2D eigenvalue weighted by molar-refractivity contribution is 7.13. The third-order valence-electron chi connectivity index (χ3n) is 6.59. The summed E-state index contributed by atoms with van der Waals surface area (Å²) < 4.78 is 22.9. The van der Waals surface area contributed by atoms with Gasteiger partial charge >= 0.3 is 0 Å². The number of fused-ring (bicyclic) bond motifs is 7. The Morgan fingerprint density at radius 3 is 2.67 bits per heavy atom. The van der Waals surface area contributed by atoms with Crippen molar-refractivity contribution in [3.8, 4) is 23.0 Å². The number of amides is 3. The molecule has 4 bridgehead atoms. The average Bonchev–Trinajstić information content (AvgIpc) is 3.61. The molecule has 1 aromatic heterocycles. The number of hydrogen-bond acceptors (Lipinski definition) is 10. The Morgan fingerprint density at radius 1 is 1.10 bits per heavy atom. The van der Waals surface area contributed by atoms with E-state index in [1.165, 1.54) is 31.6 Å². The van der Waals surface area contributed by atoms with Crippen molar-refractivity contribution in [2.45, 2.75) is 18.7 Å². The zero-order chi connectivity index (χ0) is 28.2. The molecule has 40 heavy (non-hydrogen) atoms. The number of benzene rings is 2. The Labute approximate surface area is 234 Å². The third kappa shape index (κ3) is 5.73. The highest BCUT2D eigenvalue weighted by atomic mass is 32.1. The molecular weight excluding hydrogens is 538 g/mol. The molecule has 0 radical (unpaired) electrons. The molecule has 1 saturated heterocycles. The molecule has 2 atom stereocenters. The number of hydrogen-bond donors (Lipinski definition) is 3. The van der Waals surface area contributed by atoms with Gasteiger partial charge in [0.05, 0.1) is 26.8 Å². The van der Waals surface area contributed by atoms with E-state index in [4.69, 9.17) is 18.9 Å². The fourth-order valence-electron chi connectivity index (χ4n) is 4.51. The smallest absolute Gasteiger partial charge is 0.273 e. The van der Waals surface area contributed by atoms with Crippen molar-refractivity contribution < 1.29 is 33.3 Å². The number of carbonyl (C=O) groups excluding carboxylic acids is 3. The Bertz CT molecular complexity index is 1430. The minimum absolute atomic E-state index is 0.208. The minimum atomic E-state index is -0.584. The highest BCUT2D eigenvalue weighted by Gasteiger charge is 2.39. The topological polar surface area (TPSA) is 140 Å². The maximum atomic E-state index is 13.4. The molecule has 6 rings (SSSR count). The number of nitrogens with zero attached hydrogens (tertiary/aromatic N) is 2. The SMILES string of the molecule is CNc1nc(C(=O)N2C[C@@H]3NC(=O)c4ccc(OC)c(c4)OCC(=O)NCc4ccc(c(OC)c4)O[C@H]3C2)cs1. The predicted octanol–water partition coefficient (Wildman–Crippen LogP) is 1.91. The van der Waals surface area contributed by atoms with Crippen molar-refractivity contribution in [1.29, 1.82) is 0 Å². The second-order valence-corrected chi connectivity index (χ2v) is 10.0. The first-order valence-electron chi connectivity index (χ1n) is 12.5. The number of ether oxygens (including phenoxy) is 4. The van der Waals surface area contributed by atoms with Crippen LogP contribution in [0.4, 0.5) is 5.13 Å². The summed E-state index contributed by atoms with van der Waals surface area (Å²) in [5, 5.41) is 11.1. The van der Waals surface area contributed by atoms with Crippen LogP contribution >= 0.6 is 11.3 Å². The van der Waals surface area contributed by atoms with Crippen LogP contribution in [-0.2, 0) is 11.3 Å². The summed E-state index contributed by atoms with van der Waals surface area (Å²) in [4.78, 5) is 45.0. The summed E-state index contributed by atoms with van der Waals surface area (Å²) in [5.74, 6) is 0.525. The lowest BCUT2D eigenvalue weighted by Crippen LogP contribution is -2.45. The first-order chi connectivity index (χ1) is 19.4. The molecule has 1 fully saturated rings. The van der Waals surface area contributed by atoms with Gasteiger partial charge in [0.1, 0.15) is 11.8 Å². The van der Waals surface area contributed by atoms with Gasteiger partial charge in [-0.1, -0.05) is 6.07 Å². The van der Waals surface area contributed by atoms with Crippen molar-refractivity contribution in [3.63, 3.8) is 0 Å². The van der Waals surface area contributed by atoms with Crippen molar-refractivity contribution in [2.24, 2.45) is 0 Å². The lowest BCUT2D eigenvalue weighted by atomic mass is 10.1. The Balaban J connectivity index is 1.48. The van der Waals surface area contributed by atoms with Gasteiger partial charge < -0.3 is 39.8 Å². The van der Waals surface area contributed by atoms with E-state index >= 15 is 0 Å². The van der Waals surface area contributed by atoms with E-state index < -0.39 is 18.1 Å². The fraction of sp³-hybridized carbons (Fsp3) is 0.333. The van der Waals surface area contributed by atoms with Gasteiger partial charge in [0.15, 0.2) is 34.7 Å². The Hall–Kier alpha value is -4.52. The Morgan fingerprint density at radius 2 is 1.93 bits per heavy atom. The molecule has 3 aromatic rings. The molecule has 3 aliphatic rings. The van der Waals surface area contributed by atoms with E-state index in [1.54, 1.807) is 41.6 Å². The van der Waals surface area contributed by atoms with Gasteiger partial charge in [-0.3, -0.25) is 14.4 Å². The van der Waals surface area contributed by atoms with Crippen LogP contribution < -0.4 is 34.9 Å². The van der Waals surface area contributed by atoms with E-state index in [-0.39, 0.29) is 43.8 Å². The molecule has 0 spiro atoms. The van der Waals surface area contributed by atoms with Gasteiger partial charge in [0.25, 0.3) is 17.7 Å². The highest BCUT2D eigenvalue weighted by Crippen LogP contribution is 2.32. The van der Waals surface area contributed by atoms with E-state index in [1.807, 2.05) is 6.07 Å². The standard InChI is InChI=1S/C27H29N5O7S/c1-28-27-31-18(14-40-27)26(35)32-11-17-23(12-32)39-20-6-4-15(8-21(20)37-3)10-29-24(33)13-38-22-9-16(25(34)30-17)5-7-19(22)36-2/h4-9,14,17,23H,10-13H2,1-3H3,(H,28,31)(H,29,33)(H,30,34)/t17-,23-/m0/s1. The lowest BCUT2D eigenvalue weighted by Gasteiger charge is -2.22. The monoisotopic (exact) mass is 567 g/mol. The fourth-order valence-corrected chi connectivity index (χ4v) is 5.15. The number of likely N-dealkylation sites (tertiary alicyclic amines) is 1. The van der Waals surface area contributed by atoms with E-state index in [2.05, 4.69) is 20.9 Å². The molecule has 4 heterocycles. The van der Waals surface area contributed by atoms with Crippen LogP contribution in [0.5, 0.6) is 23.0 Å². The summed E-state index contributed by atoms with van der Waals surface area (Å²) in [6, 6.07) is 9.48. The van der Waals surface area contributed by atoms with Crippen molar-refractivity contribution in [2.75, 3.05) is 46.3 Å². The van der Waals surface area contributed by atoms with Crippen LogP contribution in [0, 0.1) is 0 Å². The van der Waals surface area contributed by atoms with E-state index in [0.717, 1.165) is 5.56 Å². The zero-order valence-electron chi connectivity index (χ0n) is 22.2. The van der Waals surface area contributed by atoms with Crippen LogP contribution in [0.25, 0.3) is 0 Å². The number of anilines is 1. The summed E-state index contributed by atoms with van der Waals surface area (Å²) in [7, 11) is 4.73. The summed E-state index contributed by atoms with van der Waals surface area (Å²) in [5.41, 5.74) is 1.40. The average molecular weight is 568 g/mol. The molecule has 0 unspecified atom stereocenters. The third-order valence-corrected chi connectivity index (χ3v) is 7.45. The van der Waals surface area contributed by atoms with Gasteiger partial charge in [-0.2, -0.15) is 0 Å². The van der Waals surface area contributed by atoms with Crippen molar-refractivity contribution in [3.05, 3.63) is 58.6 Å². The van der Waals surface area contributed by atoms with Gasteiger partial charge in [0, 0.05) is 31.1 Å². The number of rotatable bonds is 4. The molecular formula is C27H29N5O7S. The van der Waals surface area contributed by atoms with Gasteiger partial charge in [-0.05, 0) is 35.9 Å². The second-order valence-electron chi connectivity index (χ2n) is 9.15. The predicted molar refractivity (Wildman–Crippen MR) is 147 cm³/mol. The molecule has 0 aliphatic carbocycles. The number of aromatic nitrogens is 1. The Kier molecular flexibility index (Phi) is 7.91.